The summed E-state index contributed by atoms with van der Waals surface area (Å²) in [5, 5.41) is 3.22. The van der Waals surface area contributed by atoms with E-state index in [0.717, 1.165) is 12.8 Å². The van der Waals surface area contributed by atoms with Gasteiger partial charge >= 0.3 is 6.61 Å². The molecular weight excluding hydrogens is 378 g/mol. The molecule has 0 bridgehead atoms. The molecule has 6 nitrogen and oxygen atoms in total. The van der Waals surface area contributed by atoms with E-state index in [4.69, 9.17) is 21.7 Å². The average Bonchev–Trinajstić information content (AvgIpc) is 3.21. The predicted molar refractivity (Wildman–Crippen MR) is 98.6 cm³/mol. The second-order valence-electron chi connectivity index (χ2n) is 6.06. The highest BCUT2D eigenvalue weighted by Crippen LogP contribution is 2.31. The Kier molecular flexibility index (Phi) is 6.22. The number of nitrogens with one attached hydrogen (secondary N) is 1. The molecule has 2 fully saturated rings. The van der Waals surface area contributed by atoms with Crippen molar-refractivity contribution >= 4 is 29.3 Å². The van der Waals surface area contributed by atoms with Gasteiger partial charge in [-0.1, -0.05) is 6.07 Å². The van der Waals surface area contributed by atoms with Crippen molar-refractivity contribution in [2.75, 3.05) is 19.8 Å². The van der Waals surface area contributed by atoms with Gasteiger partial charge < -0.3 is 19.5 Å². The molecular formula is C18H20F2N2O4S. The predicted octanol–water partition coefficient (Wildman–Crippen LogP) is 2.92. The number of amides is 1. The van der Waals surface area contributed by atoms with Crippen molar-refractivity contribution in [3.63, 3.8) is 0 Å². The Morgan fingerprint density at radius 2 is 2.26 bits per heavy atom. The molecule has 2 aliphatic rings. The van der Waals surface area contributed by atoms with Crippen molar-refractivity contribution in [1.29, 1.82) is 0 Å². The van der Waals surface area contributed by atoms with Gasteiger partial charge in [-0.15, -0.1) is 0 Å². The van der Waals surface area contributed by atoms with Gasteiger partial charge in [0.05, 0.1) is 19.3 Å². The van der Waals surface area contributed by atoms with Gasteiger partial charge in [0.15, 0.2) is 16.6 Å². The standard InChI is InChI=1S/C18H20F2N2O4S/c1-2-24-15-9-11(5-6-14(15)26-17(19)20)8-13-16(23)22(18(27)21-13)10-12-4-3-7-25-12/h5-6,8-9,12,17H,2-4,7,10H2,1H3,(H,21,27). The number of nitrogens with zero attached hydrogens (tertiary/aromatic N) is 1. The Balaban J connectivity index is 1.78. The summed E-state index contributed by atoms with van der Waals surface area (Å²) in [7, 11) is 0. The van der Waals surface area contributed by atoms with E-state index < -0.39 is 6.61 Å². The number of halogens is 2. The number of alkyl halides is 2. The van der Waals surface area contributed by atoms with E-state index in [1.54, 1.807) is 19.1 Å². The van der Waals surface area contributed by atoms with Gasteiger partial charge in [0, 0.05) is 6.61 Å². The first-order valence-corrected chi connectivity index (χ1v) is 9.06. The minimum Gasteiger partial charge on any atom is -0.490 e. The molecule has 1 unspecified atom stereocenters. The summed E-state index contributed by atoms with van der Waals surface area (Å²) in [6, 6.07) is 4.48. The summed E-state index contributed by atoms with van der Waals surface area (Å²) in [6.45, 7) is 0.183. The fourth-order valence-corrected chi connectivity index (χ4v) is 3.24. The van der Waals surface area contributed by atoms with Crippen LogP contribution in [-0.2, 0) is 9.53 Å². The van der Waals surface area contributed by atoms with Crippen LogP contribution in [0.2, 0.25) is 0 Å². The topological polar surface area (TPSA) is 60.0 Å². The molecule has 2 aliphatic heterocycles. The van der Waals surface area contributed by atoms with Crippen molar-refractivity contribution in [3.05, 3.63) is 29.5 Å². The Morgan fingerprint density at radius 3 is 2.93 bits per heavy atom. The third-order valence-electron chi connectivity index (χ3n) is 4.17. The number of rotatable bonds is 7. The van der Waals surface area contributed by atoms with Crippen LogP contribution in [0.5, 0.6) is 11.5 Å². The van der Waals surface area contributed by atoms with Gasteiger partial charge in [-0.3, -0.25) is 9.69 Å². The molecule has 2 heterocycles. The second kappa shape index (κ2) is 8.62. The third kappa shape index (κ3) is 4.72. The SMILES string of the molecule is CCOc1cc(C=C2NC(=S)N(CC3CCCO3)C2=O)ccc1OC(F)F. The first kappa shape index (κ1) is 19.5. The van der Waals surface area contributed by atoms with Crippen LogP contribution >= 0.6 is 12.2 Å². The Morgan fingerprint density at radius 1 is 1.44 bits per heavy atom. The number of hydrogen-bond donors (Lipinski definition) is 1. The molecule has 0 saturated carbocycles. The van der Waals surface area contributed by atoms with Crippen LogP contribution in [-0.4, -0.2) is 48.4 Å². The number of ether oxygens (including phenoxy) is 3. The minimum atomic E-state index is -2.95. The maximum absolute atomic E-state index is 12.6. The van der Waals surface area contributed by atoms with Crippen molar-refractivity contribution in [2.24, 2.45) is 0 Å². The normalized spacial score (nSPS) is 21.3. The van der Waals surface area contributed by atoms with Crippen LogP contribution in [0.3, 0.4) is 0 Å². The van der Waals surface area contributed by atoms with E-state index in [-0.39, 0.29) is 30.1 Å². The zero-order chi connectivity index (χ0) is 19.4. The third-order valence-corrected chi connectivity index (χ3v) is 4.49. The van der Waals surface area contributed by atoms with Gasteiger partial charge in [-0.25, -0.2) is 0 Å². The van der Waals surface area contributed by atoms with Crippen molar-refractivity contribution in [3.8, 4) is 11.5 Å². The molecule has 1 N–H and O–H groups in total. The van der Waals surface area contributed by atoms with Crippen LogP contribution in [0.1, 0.15) is 25.3 Å². The summed E-state index contributed by atoms with van der Waals surface area (Å²) in [4.78, 5) is 14.1. The van der Waals surface area contributed by atoms with Crippen molar-refractivity contribution < 1.29 is 27.8 Å². The Bertz CT molecular complexity index is 751. The highest BCUT2D eigenvalue weighted by molar-refractivity contribution is 7.80. The van der Waals surface area contributed by atoms with Gasteiger partial charge in [-0.2, -0.15) is 8.78 Å². The van der Waals surface area contributed by atoms with Gasteiger partial charge in [0.25, 0.3) is 5.91 Å². The monoisotopic (exact) mass is 398 g/mol. The van der Waals surface area contributed by atoms with Crippen LogP contribution in [0, 0.1) is 0 Å². The smallest absolute Gasteiger partial charge is 0.387 e. The van der Waals surface area contributed by atoms with Gasteiger partial charge in [0.2, 0.25) is 0 Å². The van der Waals surface area contributed by atoms with E-state index >= 15 is 0 Å². The fraction of sp³-hybridized carbons (Fsp3) is 0.444. The minimum absolute atomic E-state index is 0.0108. The van der Waals surface area contributed by atoms with Gasteiger partial charge in [-0.05, 0) is 55.8 Å². The van der Waals surface area contributed by atoms with Crippen LogP contribution in [0.15, 0.2) is 23.9 Å². The number of carbonyl (C=O) groups excluding carboxylic acids is 1. The Labute approximate surface area is 161 Å². The number of hydrogen-bond acceptors (Lipinski definition) is 5. The molecule has 9 heteroatoms. The lowest BCUT2D eigenvalue weighted by atomic mass is 10.1. The lowest BCUT2D eigenvalue weighted by molar-refractivity contribution is -0.123. The van der Waals surface area contributed by atoms with Crippen LogP contribution in [0.4, 0.5) is 8.78 Å². The zero-order valence-corrected chi connectivity index (χ0v) is 15.6. The van der Waals surface area contributed by atoms with E-state index in [2.05, 4.69) is 10.1 Å². The maximum atomic E-state index is 12.6. The highest BCUT2D eigenvalue weighted by atomic mass is 32.1. The first-order chi connectivity index (χ1) is 13.0. The number of thiocarbonyl (C=S) groups is 1. The maximum Gasteiger partial charge on any atom is 0.387 e. The van der Waals surface area contributed by atoms with Crippen LogP contribution in [0.25, 0.3) is 6.08 Å². The number of benzene rings is 1. The summed E-state index contributed by atoms with van der Waals surface area (Å²) >= 11 is 5.25. The number of carbonyl (C=O) groups is 1. The lowest BCUT2D eigenvalue weighted by Crippen LogP contribution is -2.37. The quantitative estimate of drug-likeness (QED) is 0.563. The average molecular weight is 398 g/mol. The van der Waals surface area contributed by atoms with E-state index in [0.29, 0.717) is 29.5 Å². The van der Waals surface area contributed by atoms with E-state index in [9.17, 15) is 13.6 Å². The molecule has 1 amide bonds. The van der Waals surface area contributed by atoms with Crippen molar-refractivity contribution in [1.82, 2.24) is 10.2 Å². The van der Waals surface area contributed by atoms with Gasteiger partial charge in [0.1, 0.15) is 5.70 Å². The molecule has 0 aromatic heterocycles. The molecule has 1 atom stereocenters. The summed E-state index contributed by atoms with van der Waals surface area (Å²) in [5.41, 5.74) is 0.903. The van der Waals surface area contributed by atoms with Crippen LogP contribution < -0.4 is 14.8 Å². The summed E-state index contributed by atoms with van der Waals surface area (Å²) in [5.74, 6) is -0.131. The second-order valence-corrected chi connectivity index (χ2v) is 6.44. The fourth-order valence-electron chi connectivity index (χ4n) is 2.97. The molecule has 3 rings (SSSR count). The molecule has 0 spiro atoms. The highest BCUT2D eigenvalue weighted by Gasteiger charge is 2.33. The largest absolute Gasteiger partial charge is 0.490 e. The van der Waals surface area contributed by atoms with Crippen molar-refractivity contribution in [2.45, 2.75) is 32.5 Å². The first-order valence-electron chi connectivity index (χ1n) is 8.65. The summed E-state index contributed by atoms with van der Waals surface area (Å²) in [6.07, 6.45) is 3.46. The van der Waals surface area contributed by atoms with E-state index in [1.165, 1.54) is 17.0 Å². The molecule has 27 heavy (non-hydrogen) atoms. The molecule has 0 aliphatic carbocycles. The Hall–Kier alpha value is -2.26. The molecule has 1 aromatic rings. The molecule has 1 aromatic carbocycles. The molecule has 0 radical (unpaired) electrons. The lowest BCUT2D eigenvalue weighted by Gasteiger charge is -2.18. The van der Waals surface area contributed by atoms with E-state index in [1.807, 2.05) is 0 Å². The molecule has 146 valence electrons. The summed E-state index contributed by atoms with van der Waals surface area (Å²) < 4.78 is 40.4. The zero-order valence-electron chi connectivity index (χ0n) is 14.7. The molecule has 2 saturated heterocycles.